The molecule has 36 heavy (non-hydrogen) atoms. The Balaban J connectivity index is 1.42. The van der Waals surface area contributed by atoms with Crippen molar-refractivity contribution in [3.8, 4) is 5.75 Å². The van der Waals surface area contributed by atoms with E-state index in [0.29, 0.717) is 22.9 Å². The van der Waals surface area contributed by atoms with E-state index < -0.39 is 10.0 Å². The molecule has 1 aromatic rings. The number of likely N-dealkylation sites (N-methyl/N-ethyl adjacent to an activating group) is 3. The van der Waals surface area contributed by atoms with Crippen molar-refractivity contribution in [2.24, 2.45) is 0 Å². The maximum atomic E-state index is 13.1. The summed E-state index contributed by atoms with van der Waals surface area (Å²) in [4.78, 5) is 19.8. The Morgan fingerprint density at radius 3 is 2.17 bits per heavy atom. The van der Waals surface area contributed by atoms with Gasteiger partial charge in [0.15, 0.2) is 0 Å². The number of piperazine rings is 1. The number of methoxy groups -OCH3 is 1. The van der Waals surface area contributed by atoms with Gasteiger partial charge in [-0.15, -0.1) is 0 Å². The van der Waals surface area contributed by atoms with Crippen molar-refractivity contribution in [1.82, 2.24) is 19.0 Å². The van der Waals surface area contributed by atoms with E-state index in [1.807, 2.05) is 11.9 Å². The minimum atomic E-state index is -3.68. The lowest BCUT2D eigenvalue weighted by Crippen LogP contribution is -2.51. The van der Waals surface area contributed by atoms with Crippen LogP contribution in [0.15, 0.2) is 17.0 Å². The van der Waals surface area contributed by atoms with Crippen molar-refractivity contribution in [2.75, 3.05) is 74.2 Å². The van der Waals surface area contributed by atoms with Crippen LogP contribution < -0.4 is 4.74 Å². The summed E-state index contributed by atoms with van der Waals surface area (Å²) in [6.45, 7) is 8.34. The average Bonchev–Trinajstić information content (AvgIpc) is 2.85. The molecule has 0 N–H and O–H groups in total. The summed E-state index contributed by atoms with van der Waals surface area (Å²) in [5, 5.41) is 0. The second-order valence-electron chi connectivity index (χ2n) is 10.3. The second-order valence-corrected chi connectivity index (χ2v) is 12.3. The van der Waals surface area contributed by atoms with E-state index in [9.17, 15) is 13.2 Å². The summed E-state index contributed by atoms with van der Waals surface area (Å²) in [6.07, 6.45) is 4.28. The molecule has 0 unspecified atom stereocenters. The van der Waals surface area contributed by atoms with E-state index >= 15 is 0 Å². The maximum absolute atomic E-state index is 13.1. The molecule has 3 rings (SSSR count). The van der Waals surface area contributed by atoms with Crippen LogP contribution in [-0.4, -0.2) is 120 Å². The lowest BCUT2D eigenvalue weighted by molar-refractivity contribution is -0.137. The second kappa shape index (κ2) is 12.7. The number of benzene rings is 1. The Kier molecular flexibility index (Phi) is 10.2. The monoisotopic (exact) mass is 524 g/mol. The first-order chi connectivity index (χ1) is 17.0. The first-order valence-corrected chi connectivity index (χ1v) is 14.4. The number of rotatable bonds is 10. The van der Waals surface area contributed by atoms with Crippen molar-refractivity contribution < 1.29 is 22.7 Å². The van der Waals surface area contributed by atoms with Gasteiger partial charge in [-0.05, 0) is 69.8 Å². The van der Waals surface area contributed by atoms with Crippen LogP contribution in [0.1, 0.15) is 36.8 Å². The molecule has 1 aromatic carbocycles. The summed E-state index contributed by atoms with van der Waals surface area (Å²) in [7, 11) is 3.45. The van der Waals surface area contributed by atoms with Gasteiger partial charge in [-0.1, -0.05) is 0 Å². The molecule has 1 saturated carbocycles. The van der Waals surface area contributed by atoms with Crippen molar-refractivity contribution in [3.63, 3.8) is 0 Å². The smallest absolute Gasteiger partial charge is 0.248 e. The number of hydrogen-bond donors (Lipinski definition) is 0. The van der Waals surface area contributed by atoms with Crippen LogP contribution >= 0.6 is 0 Å². The molecular weight excluding hydrogens is 480 g/mol. The van der Waals surface area contributed by atoms with Gasteiger partial charge >= 0.3 is 0 Å². The van der Waals surface area contributed by atoms with Crippen LogP contribution in [0.5, 0.6) is 5.75 Å². The highest BCUT2D eigenvalue weighted by Crippen LogP contribution is 2.28. The van der Waals surface area contributed by atoms with E-state index in [1.54, 1.807) is 33.1 Å². The predicted molar refractivity (Wildman–Crippen MR) is 141 cm³/mol. The Morgan fingerprint density at radius 2 is 1.61 bits per heavy atom. The van der Waals surface area contributed by atoms with Crippen molar-refractivity contribution in [1.29, 1.82) is 0 Å². The fourth-order valence-electron chi connectivity index (χ4n) is 5.37. The first kappa shape index (κ1) is 28.8. The lowest BCUT2D eigenvalue weighted by Gasteiger charge is -2.42. The Labute approximate surface area is 217 Å². The highest BCUT2D eigenvalue weighted by atomic mass is 32.2. The van der Waals surface area contributed by atoms with Gasteiger partial charge in [-0.3, -0.25) is 9.69 Å². The predicted octanol–water partition coefficient (Wildman–Crippen LogP) is 1.97. The molecule has 1 amide bonds. The highest BCUT2D eigenvalue weighted by Gasteiger charge is 2.31. The van der Waals surface area contributed by atoms with Gasteiger partial charge in [0.2, 0.25) is 15.9 Å². The van der Waals surface area contributed by atoms with Crippen LogP contribution in [0.4, 0.5) is 0 Å². The first-order valence-electron chi connectivity index (χ1n) is 12.9. The zero-order chi connectivity index (χ0) is 26.5. The third-order valence-electron chi connectivity index (χ3n) is 7.78. The van der Waals surface area contributed by atoms with Gasteiger partial charge in [0, 0.05) is 58.9 Å². The van der Waals surface area contributed by atoms with Crippen LogP contribution in [0.25, 0.3) is 0 Å². The van der Waals surface area contributed by atoms with E-state index in [4.69, 9.17) is 9.47 Å². The quantitative estimate of drug-likeness (QED) is 0.433. The fourth-order valence-corrected chi connectivity index (χ4v) is 6.93. The van der Waals surface area contributed by atoms with Gasteiger partial charge in [0.05, 0.1) is 18.6 Å². The molecular formula is C26H44N4O5S. The molecule has 0 atom stereocenters. The zero-order valence-corrected chi connectivity index (χ0v) is 23.6. The molecule has 0 bridgehead atoms. The molecule has 2 aliphatic rings. The normalized spacial score (nSPS) is 22.1. The van der Waals surface area contributed by atoms with E-state index in [2.05, 4.69) is 16.8 Å². The van der Waals surface area contributed by atoms with Crippen LogP contribution in [-0.2, 0) is 19.6 Å². The van der Waals surface area contributed by atoms with Crippen molar-refractivity contribution in [3.05, 3.63) is 23.3 Å². The SMILES string of the molecule is COc1cc(C)c(S(=O)(=O)N(C)CCOCC(=O)N(C)[C@H]2CC[C@@H](N3CCN(C)CC3)CC2)c(C)c1. The summed E-state index contributed by atoms with van der Waals surface area (Å²) in [5.74, 6) is 0.579. The lowest BCUT2D eigenvalue weighted by atomic mass is 9.89. The number of sulfonamides is 1. The Hall–Kier alpha value is -1.72. The number of ether oxygens (including phenoxy) is 2. The van der Waals surface area contributed by atoms with Crippen LogP contribution in [0.3, 0.4) is 0 Å². The molecule has 9 nitrogen and oxygen atoms in total. The summed E-state index contributed by atoms with van der Waals surface area (Å²) in [6, 6.07) is 4.31. The van der Waals surface area contributed by atoms with Gasteiger partial charge in [-0.25, -0.2) is 8.42 Å². The van der Waals surface area contributed by atoms with E-state index in [-0.39, 0.29) is 36.6 Å². The molecule has 204 valence electrons. The third kappa shape index (κ3) is 6.98. The molecule has 10 heteroatoms. The van der Waals surface area contributed by atoms with Crippen LogP contribution in [0, 0.1) is 13.8 Å². The highest BCUT2D eigenvalue weighted by molar-refractivity contribution is 7.89. The summed E-state index contributed by atoms with van der Waals surface area (Å²) < 4.78 is 38.4. The standard InChI is InChI=1S/C26H44N4O5S/c1-20-17-24(34-6)18-21(2)26(20)36(32,33)28(4)15-16-35-19-25(31)29(5)22-7-9-23(10-8-22)30-13-11-27(3)12-14-30/h17-18,22-23H,7-16,19H2,1-6H3/t22-,23+. The van der Waals surface area contributed by atoms with E-state index in [0.717, 1.165) is 51.9 Å². The Bertz CT molecular complexity index is 963. The molecule has 0 spiro atoms. The molecule has 1 saturated heterocycles. The topological polar surface area (TPSA) is 82.6 Å². The summed E-state index contributed by atoms with van der Waals surface area (Å²) >= 11 is 0. The molecule has 0 radical (unpaired) electrons. The van der Waals surface area contributed by atoms with Gasteiger partial charge in [0.25, 0.3) is 0 Å². The minimum absolute atomic E-state index is 0.0383. The van der Waals surface area contributed by atoms with Crippen molar-refractivity contribution >= 4 is 15.9 Å². The number of carbonyl (C=O) groups excluding carboxylic acids is 1. The number of amides is 1. The fraction of sp³-hybridized carbons (Fsp3) is 0.731. The Morgan fingerprint density at radius 1 is 1.03 bits per heavy atom. The number of nitrogens with zero attached hydrogens (tertiary/aromatic N) is 4. The zero-order valence-electron chi connectivity index (χ0n) is 22.8. The average molecular weight is 525 g/mol. The molecule has 2 fully saturated rings. The number of carbonyl (C=O) groups is 1. The number of aryl methyl sites for hydroxylation is 2. The van der Waals surface area contributed by atoms with Crippen molar-refractivity contribution in [2.45, 2.75) is 56.5 Å². The molecule has 1 aliphatic heterocycles. The van der Waals surface area contributed by atoms with Crippen LogP contribution in [0.2, 0.25) is 0 Å². The third-order valence-corrected chi connectivity index (χ3v) is 9.94. The maximum Gasteiger partial charge on any atom is 0.248 e. The number of hydrogen-bond acceptors (Lipinski definition) is 7. The molecule has 0 aromatic heterocycles. The minimum Gasteiger partial charge on any atom is -0.497 e. The van der Waals surface area contributed by atoms with E-state index in [1.165, 1.54) is 11.4 Å². The van der Waals surface area contributed by atoms with Gasteiger partial charge < -0.3 is 19.3 Å². The van der Waals surface area contributed by atoms with Gasteiger partial charge in [0.1, 0.15) is 12.4 Å². The largest absolute Gasteiger partial charge is 0.497 e. The molecule has 1 heterocycles. The van der Waals surface area contributed by atoms with Gasteiger partial charge in [-0.2, -0.15) is 4.31 Å². The summed E-state index contributed by atoms with van der Waals surface area (Å²) in [5.41, 5.74) is 1.28. The molecule has 1 aliphatic carbocycles.